The summed E-state index contributed by atoms with van der Waals surface area (Å²) in [6, 6.07) is 6.50. The third-order valence-electron chi connectivity index (χ3n) is 3.01. The van der Waals surface area contributed by atoms with Crippen molar-refractivity contribution in [3.05, 3.63) is 45.5 Å². The summed E-state index contributed by atoms with van der Waals surface area (Å²) in [7, 11) is 0. The number of hydrogen-bond donors (Lipinski definition) is 1. The van der Waals surface area contributed by atoms with Gasteiger partial charge in [-0.2, -0.15) is 5.10 Å². The summed E-state index contributed by atoms with van der Waals surface area (Å²) in [6.07, 6.45) is 0.828. The van der Waals surface area contributed by atoms with E-state index in [0.717, 1.165) is 18.8 Å². The van der Waals surface area contributed by atoms with Gasteiger partial charge in [0.1, 0.15) is 5.82 Å². The number of H-pyrrole nitrogens is 1. The molecule has 0 radical (unpaired) electrons. The molecule has 2 rings (SSSR count). The van der Waals surface area contributed by atoms with Crippen molar-refractivity contribution in [1.29, 1.82) is 0 Å². The van der Waals surface area contributed by atoms with Gasteiger partial charge in [-0.3, -0.25) is 5.10 Å². The van der Waals surface area contributed by atoms with E-state index in [9.17, 15) is 0 Å². The first-order valence-corrected chi connectivity index (χ1v) is 6.23. The van der Waals surface area contributed by atoms with Crippen molar-refractivity contribution in [1.82, 2.24) is 14.8 Å². The van der Waals surface area contributed by atoms with Crippen LogP contribution in [0.2, 0.25) is 0 Å². The van der Waals surface area contributed by atoms with Crippen LogP contribution in [0.1, 0.15) is 29.4 Å². The smallest absolute Gasteiger partial charge is 0.195 e. The molecule has 0 fully saturated rings. The highest BCUT2D eigenvalue weighted by atomic mass is 32.1. The minimum atomic E-state index is 0.702. The highest BCUT2D eigenvalue weighted by molar-refractivity contribution is 7.71. The number of aromatic amines is 1. The Labute approximate surface area is 106 Å². The average molecular weight is 247 g/mol. The molecule has 1 heterocycles. The van der Waals surface area contributed by atoms with Crippen LogP contribution in [-0.4, -0.2) is 14.8 Å². The summed E-state index contributed by atoms with van der Waals surface area (Å²) in [5.74, 6) is 1.01. The van der Waals surface area contributed by atoms with Gasteiger partial charge in [0.2, 0.25) is 0 Å². The van der Waals surface area contributed by atoms with Crippen LogP contribution in [0.3, 0.4) is 0 Å². The molecule has 1 aromatic heterocycles. The van der Waals surface area contributed by atoms with Gasteiger partial charge in [0.05, 0.1) is 0 Å². The summed E-state index contributed by atoms with van der Waals surface area (Å²) in [5, 5.41) is 7.16. The quantitative estimate of drug-likeness (QED) is 0.845. The lowest BCUT2D eigenvalue weighted by Gasteiger charge is -2.07. The summed E-state index contributed by atoms with van der Waals surface area (Å²) < 4.78 is 2.74. The lowest BCUT2D eigenvalue weighted by atomic mass is 10.0. The lowest BCUT2D eigenvalue weighted by Crippen LogP contribution is -2.04. The Morgan fingerprint density at radius 2 is 2.12 bits per heavy atom. The Kier molecular flexibility index (Phi) is 3.43. The van der Waals surface area contributed by atoms with Gasteiger partial charge >= 0.3 is 0 Å². The Morgan fingerprint density at radius 1 is 1.35 bits per heavy atom. The largest absolute Gasteiger partial charge is 0.304 e. The van der Waals surface area contributed by atoms with E-state index in [1.165, 1.54) is 16.7 Å². The van der Waals surface area contributed by atoms with E-state index in [0.29, 0.717) is 4.77 Å². The summed E-state index contributed by atoms with van der Waals surface area (Å²) in [4.78, 5) is 0. The van der Waals surface area contributed by atoms with Crippen LogP contribution in [0.4, 0.5) is 0 Å². The molecular weight excluding hydrogens is 230 g/mol. The first-order chi connectivity index (χ1) is 8.11. The Bertz CT molecular complexity index is 581. The van der Waals surface area contributed by atoms with Crippen molar-refractivity contribution >= 4 is 12.2 Å². The number of aromatic nitrogens is 3. The fourth-order valence-corrected chi connectivity index (χ4v) is 2.25. The molecule has 0 bridgehead atoms. The zero-order valence-electron chi connectivity index (χ0n) is 10.4. The van der Waals surface area contributed by atoms with Gasteiger partial charge in [0.15, 0.2) is 4.77 Å². The van der Waals surface area contributed by atoms with Crippen LogP contribution in [0.15, 0.2) is 18.2 Å². The third kappa shape index (κ3) is 2.47. The van der Waals surface area contributed by atoms with E-state index in [1.807, 2.05) is 4.57 Å². The zero-order valence-corrected chi connectivity index (χ0v) is 11.3. The molecule has 0 aliphatic carbocycles. The number of rotatable bonds is 3. The molecule has 1 aromatic carbocycles. The zero-order chi connectivity index (χ0) is 12.4. The second-order valence-corrected chi connectivity index (χ2v) is 4.68. The maximum Gasteiger partial charge on any atom is 0.195 e. The van der Waals surface area contributed by atoms with Gasteiger partial charge < -0.3 is 4.57 Å². The molecule has 0 aliphatic rings. The molecule has 0 atom stereocenters. The Morgan fingerprint density at radius 3 is 2.82 bits per heavy atom. The number of hydrogen-bond acceptors (Lipinski definition) is 2. The highest BCUT2D eigenvalue weighted by Gasteiger charge is 2.07. The minimum absolute atomic E-state index is 0.702. The normalized spacial score (nSPS) is 10.8. The molecule has 4 heteroatoms. The van der Waals surface area contributed by atoms with E-state index >= 15 is 0 Å². The van der Waals surface area contributed by atoms with E-state index in [1.54, 1.807) is 0 Å². The molecule has 1 N–H and O–H groups in total. The predicted octanol–water partition coefficient (Wildman–Crippen LogP) is 3.17. The van der Waals surface area contributed by atoms with Crippen molar-refractivity contribution in [2.75, 3.05) is 0 Å². The van der Waals surface area contributed by atoms with E-state index in [4.69, 9.17) is 12.2 Å². The molecule has 0 amide bonds. The topological polar surface area (TPSA) is 33.6 Å². The molecule has 0 saturated heterocycles. The first-order valence-electron chi connectivity index (χ1n) is 5.82. The predicted molar refractivity (Wildman–Crippen MR) is 71.8 cm³/mol. The molecule has 0 saturated carbocycles. The monoisotopic (exact) mass is 247 g/mol. The fraction of sp³-hybridized carbons (Fsp3) is 0.385. The van der Waals surface area contributed by atoms with Crippen LogP contribution in [0, 0.1) is 18.6 Å². The minimum Gasteiger partial charge on any atom is -0.304 e. The van der Waals surface area contributed by atoms with Crippen molar-refractivity contribution in [2.24, 2.45) is 0 Å². The van der Waals surface area contributed by atoms with Crippen molar-refractivity contribution in [2.45, 2.75) is 33.7 Å². The molecule has 0 unspecified atom stereocenters. The van der Waals surface area contributed by atoms with E-state index in [2.05, 4.69) is 49.2 Å². The summed E-state index contributed by atoms with van der Waals surface area (Å²) >= 11 is 5.19. The van der Waals surface area contributed by atoms with Crippen LogP contribution in [0.5, 0.6) is 0 Å². The molecule has 2 aromatic rings. The number of aryl methyl sites for hydroxylation is 2. The second kappa shape index (κ2) is 4.84. The lowest BCUT2D eigenvalue weighted by molar-refractivity contribution is 0.703. The molecule has 17 heavy (non-hydrogen) atoms. The van der Waals surface area contributed by atoms with E-state index in [-0.39, 0.29) is 0 Å². The van der Waals surface area contributed by atoms with Crippen LogP contribution < -0.4 is 0 Å². The Hall–Kier alpha value is -1.42. The van der Waals surface area contributed by atoms with Gasteiger partial charge in [-0.1, -0.05) is 23.8 Å². The average Bonchev–Trinajstić information content (AvgIpc) is 2.64. The number of nitrogens with one attached hydrogen (secondary N) is 1. The standard InChI is InChI=1S/C13H17N3S/c1-4-16-12(14-15-13(16)17)8-11-7-9(2)5-6-10(11)3/h5-7H,4,8H2,1-3H3,(H,15,17). The van der Waals surface area contributed by atoms with Crippen LogP contribution >= 0.6 is 12.2 Å². The summed E-state index contributed by atoms with van der Waals surface area (Å²) in [6.45, 7) is 7.18. The van der Waals surface area contributed by atoms with Gasteiger partial charge in [0, 0.05) is 13.0 Å². The van der Waals surface area contributed by atoms with Gasteiger partial charge in [-0.25, -0.2) is 0 Å². The molecule has 90 valence electrons. The SMILES string of the molecule is CCn1c(Cc2cc(C)ccc2C)n[nH]c1=S. The summed E-state index contributed by atoms with van der Waals surface area (Å²) in [5.41, 5.74) is 3.89. The van der Waals surface area contributed by atoms with Gasteiger partial charge in [-0.15, -0.1) is 0 Å². The molecule has 3 nitrogen and oxygen atoms in total. The second-order valence-electron chi connectivity index (χ2n) is 4.30. The number of benzene rings is 1. The Balaban J connectivity index is 2.37. The van der Waals surface area contributed by atoms with Gasteiger partial charge in [0.25, 0.3) is 0 Å². The maximum atomic E-state index is 5.19. The van der Waals surface area contributed by atoms with Crippen LogP contribution in [0.25, 0.3) is 0 Å². The molecule has 0 spiro atoms. The van der Waals surface area contributed by atoms with E-state index < -0.39 is 0 Å². The molecular formula is C13H17N3S. The number of nitrogens with zero attached hydrogens (tertiary/aromatic N) is 2. The first kappa shape index (κ1) is 12.0. The third-order valence-corrected chi connectivity index (χ3v) is 3.32. The highest BCUT2D eigenvalue weighted by Crippen LogP contribution is 2.14. The fourth-order valence-electron chi connectivity index (χ4n) is 1.97. The van der Waals surface area contributed by atoms with Crippen LogP contribution in [-0.2, 0) is 13.0 Å². The van der Waals surface area contributed by atoms with Crippen molar-refractivity contribution in [3.63, 3.8) is 0 Å². The van der Waals surface area contributed by atoms with Crippen molar-refractivity contribution < 1.29 is 0 Å². The van der Waals surface area contributed by atoms with Crippen molar-refractivity contribution in [3.8, 4) is 0 Å². The van der Waals surface area contributed by atoms with Gasteiger partial charge in [-0.05, 0) is 44.1 Å². The maximum absolute atomic E-state index is 5.19. The molecule has 0 aliphatic heterocycles.